The minimum atomic E-state index is -0.554. The van der Waals surface area contributed by atoms with Crippen LogP contribution in [0.5, 0.6) is 0 Å². The molecule has 1 fully saturated rings. The monoisotopic (exact) mass is 282 g/mol. The Morgan fingerprint density at radius 2 is 2.10 bits per heavy atom. The van der Waals surface area contributed by atoms with Crippen molar-refractivity contribution in [2.45, 2.75) is 6.04 Å². The number of alkyl carbamates (subject to hydrolysis) is 1. The van der Waals surface area contributed by atoms with E-state index in [2.05, 4.69) is 22.1 Å². The topological polar surface area (TPSA) is 51.2 Å². The number of amides is 1. The van der Waals surface area contributed by atoms with E-state index >= 15 is 0 Å². The second kappa shape index (κ2) is 5.63. The minimum Gasteiger partial charge on any atom is -0.447 e. The van der Waals surface area contributed by atoms with Gasteiger partial charge in [-0.05, 0) is 35.7 Å². The Kier molecular flexibility index (Phi) is 3.52. The van der Waals surface area contributed by atoms with Gasteiger partial charge in [0.1, 0.15) is 12.3 Å². The smallest absolute Gasteiger partial charge is 0.407 e. The van der Waals surface area contributed by atoms with E-state index < -0.39 is 12.0 Å². The molecule has 0 radical (unpaired) electrons. The first-order valence-corrected chi connectivity index (χ1v) is 6.38. The van der Waals surface area contributed by atoms with Crippen molar-refractivity contribution in [2.75, 3.05) is 6.61 Å². The van der Waals surface area contributed by atoms with Crippen LogP contribution in [0.2, 0.25) is 0 Å². The van der Waals surface area contributed by atoms with E-state index in [0.29, 0.717) is 12.3 Å². The highest BCUT2D eigenvalue weighted by molar-refractivity contribution is 5.70. The van der Waals surface area contributed by atoms with Gasteiger partial charge in [0.2, 0.25) is 5.95 Å². The zero-order chi connectivity index (χ0) is 14.7. The molecule has 4 nitrogen and oxygen atoms in total. The largest absolute Gasteiger partial charge is 0.447 e. The summed E-state index contributed by atoms with van der Waals surface area (Å²) in [4.78, 5) is 14.7. The van der Waals surface area contributed by atoms with Crippen LogP contribution in [0.3, 0.4) is 0 Å². The molecule has 1 aliphatic heterocycles. The lowest BCUT2D eigenvalue weighted by molar-refractivity contribution is 0.177. The number of hydrogen-bond donors (Lipinski definition) is 1. The number of carbonyl (C=O) groups excluding carboxylic acids is 1. The molecule has 0 unspecified atom stereocenters. The fourth-order valence-electron chi connectivity index (χ4n) is 2.01. The number of rotatable bonds is 1. The molecular weight excluding hydrogens is 271 g/mol. The number of carbonyl (C=O) groups is 1. The molecular formula is C16H11FN2O2. The average Bonchev–Trinajstić information content (AvgIpc) is 2.92. The van der Waals surface area contributed by atoms with Crippen molar-refractivity contribution in [3.63, 3.8) is 0 Å². The summed E-state index contributed by atoms with van der Waals surface area (Å²) < 4.78 is 17.8. The summed E-state index contributed by atoms with van der Waals surface area (Å²) in [5, 5.41) is 2.71. The lowest BCUT2D eigenvalue weighted by Crippen LogP contribution is -2.18. The summed E-state index contributed by atoms with van der Waals surface area (Å²) >= 11 is 0. The highest BCUT2D eigenvalue weighted by Crippen LogP contribution is 2.18. The number of halogens is 1. The summed E-state index contributed by atoms with van der Waals surface area (Å²) in [6.07, 6.45) is -0.416. The number of pyridine rings is 1. The van der Waals surface area contributed by atoms with Crippen LogP contribution in [0.25, 0.3) is 0 Å². The quantitative estimate of drug-likeness (QED) is 0.645. The molecule has 1 saturated heterocycles. The normalized spacial score (nSPS) is 16.6. The highest BCUT2D eigenvalue weighted by Gasteiger charge is 2.23. The standard InChI is InChI=1S/C16H11FN2O2/c17-15-6-2-5-13(18-15)8-7-11-3-1-4-12(9-11)14-10-21-16(20)19-14/h1-6,9,14H,10H2,(H,19,20)/t14-/m0/s1. The van der Waals surface area contributed by atoms with Gasteiger partial charge in [-0.2, -0.15) is 4.39 Å². The molecule has 104 valence electrons. The van der Waals surface area contributed by atoms with Gasteiger partial charge in [0.25, 0.3) is 0 Å². The zero-order valence-electron chi connectivity index (χ0n) is 11.0. The van der Waals surface area contributed by atoms with Gasteiger partial charge in [-0.3, -0.25) is 0 Å². The van der Waals surface area contributed by atoms with Gasteiger partial charge in [0.15, 0.2) is 0 Å². The van der Waals surface area contributed by atoms with Crippen LogP contribution in [-0.2, 0) is 4.74 Å². The Morgan fingerprint density at radius 1 is 1.24 bits per heavy atom. The van der Waals surface area contributed by atoms with Gasteiger partial charge in [-0.25, -0.2) is 9.78 Å². The highest BCUT2D eigenvalue weighted by atomic mass is 19.1. The summed E-state index contributed by atoms with van der Waals surface area (Å²) in [5.41, 5.74) is 2.05. The predicted octanol–water partition coefficient (Wildman–Crippen LogP) is 2.40. The van der Waals surface area contributed by atoms with Crippen LogP contribution in [0, 0.1) is 17.8 Å². The molecule has 0 bridgehead atoms. The zero-order valence-corrected chi connectivity index (χ0v) is 11.0. The lowest BCUT2D eigenvalue weighted by Gasteiger charge is -2.07. The molecule has 21 heavy (non-hydrogen) atoms. The Labute approximate surface area is 121 Å². The molecule has 2 heterocycles. The number of ether oxygens (including phenoxy) is 1. The molecule has 2 aromatic rings. The molecule has 0 saturated carbocycles. The van der Waals surface area contributed by atoms with Crippen molar-refractivity contribution in [3.05, 3.63) is 65.2 Å². The van der Waals surface area contributed by atoms with E-state index in [9.17, 15) is 9.18 Å². The van der Waals surface area contributed by atoms with Crippen LogP contribution >= 0.6 is 0 Å². The number of cyclic esters (lactones) is 1. The molecule has 5 heteroatoms. The number of hydrogen-bond acceptors (Lipinski definition) is 3. The van der Waals surface area contributed by atoms with Crippen molar-refractivity contribution < 1.29 is 13.9 Å². The molecule has 3 rings (SSSR count). The summed E-state index contributed by atoms with van der Waals surface area (Å²) in [7, 11) is 0. The fourth-order valence-corrected chi connectivity index (χ4v) is 2.01. The number of aromatic nitrogens is 1. The maximum atomic E-state index is 13.0. The van der Waals surface area contributed by atoms with Crippen LogP contribution in [0.1, 0.15) is 22.9 Å². The first-order valence-electron chi connectivity index (χ1n) is 6.38. The van der Waals surface area contributed by atoms with Gasteiger partial charge >= 0.3 is 6.09 Å². The van der Waals surface area contributed by atoms with Crippen LogP contribution < -0.4 is 5.32 Å². The summed E-state index contributed by atoms with van der Waals surface area (Å²) in [5.74, 6) is 5.18. The van der Waals surface area contributed by atoms with E-state index in [4.69, 9.17) is 4.74 Å². The van der Waals surface area contributed by atoms with E-state index in [-0.39, 0.29) is 6.04 Å². The third-order valence-corrected chi connectivity index (χ3v) is 3.01. The third-order valence-electron chi connectivity index (χ3n) is 3.01. The predicted molar refractivity (Wildman–Crippen MR) is 73.8 cm³/mol. The maximum Gasteiger partial charge on any atom is 0.407 e. The van der Waals surface area contributed by atoms with Gasteiger partial charge in [0.05, 0.1) is 6.04 Å². The van der Waals surface area contributed by atoms with Gasteiger partial charge in [-0.1, -0.05) is 24.1 Å². The number of nitrogens with one attached hydrogen (secondary N) is 1. The fraction of sp³-hybridized carbons (Fsp3) is 0.125. The molecule has 1 amide bonds. The first kappa shape index (κ1) is 13.1. The van der Waals surface area contributed by atoms with Crippen molar-refractivity contribution in [3.8, 4) is 11.8 Å². The summed E-state index contributed by atoms with van der Waals surface area (Å²) in [6, 6.07) is 11.8. The third kappa shape index (κ3) is 3.18. The minimum absolute atomic E-state index is 0.161. The van der Waals surface area contributed by atoms with Crippen LogP contribution in [0.15, 0.2) is 42.5 Å². The first-order chi connectivity index (χ1) is 10.2. The van der Waals surface area contributed by atoms with E-state index in [1.165, 1.54) is 6.07 Å². The average molecular weight is 282 g/mol. The molecule has 0 spiro atoms. The molecule has 1 aliphatic rings. The Balaban J connectivity index is 1.82. The van der Waals surface area contributed by atoms with E-state index in [0.717, 1.165) is 11.1 Å². The number of benzene rings is 1. The Hall–Kier alpha value is -2.87. The molecule has 1 aromatic carbocycles. The molecule has 1 atom stereocenters. The van der Waals surface area contributed by atoms with Crippen molar-refractivity contribution >= 4 is 6.09 Å². The van der Waals surface area contributed by atoms with Crippen LogP contribution in [-0.4, -0.2) is 17.7 Å². The van der Waals surface area contributed by atoms with Gasteiger partial charge in [-0.15, -0.1) is 0 Å². The number of nitrogens with zero attached hydrogens (tertiary/aromatic N) is 1. The Morgan fingerprint density at radius 3 is 2.86 bits per heavy atom. The van der Waals surface area contributed by atoms with Crippen molar-refractivity contribution in [1.29, 1.82) is 0 Å². The molecule has 1 aromatic heterocycles. The lowest BCUT2D eigenvalue weighted by atomic mass is 10.1. The van der Waals surface area contributed by atoms with Gasteiger partial charge < -0.3 is 10.1 Å². The second-order valence-corrected chi connectivity index (χ2v) is 4.52. The SMILES string of the molecule is O=C1N[C@H](c2cccc(C#Cc3cccc(F)n3)c2)CO1. The van der Waals surface area contributed by atoms with E-state index in [1.54, 1.807) is 12.1 Å². The van der Waals surface area contributed by atoms with Crippen molar-refractivity contribution in [2.24, 2.45) is 0 Å². The summed E-state index contributed by atoms with van der Waals surface area (Å²) in [6.45, 7) is 0.307. The van der Waals surface area contributed by atoms with E-state index in [1.807, 2.05) is 24.3 Å². The van der Waals surface area contributed by atoms with Gasteiger partial charge in [0, 0.05) is 5.56 Å². The maximum absolute atomic E-state index is 13.0. The van der Waals surface area contributed by atoms with Crippen molar-refractivity contribution in [1.82, 2.24) is 10.3 Å². The van der Waals surface area contributed by atoms with Crippen LogP contribution in [0.4, 0.5) is 9.18 Å². The Bertz CT molecular complexity index is 749. The second-order valence-electron chi connectivity index (χ2n) is 4.52. The molecule has 0 aliphatic carbocycles. The molecule has 1 N–H and O–H groups in total.